The highest BCUT2D eigenvalue weighted by molar-refractivity contribution is 7.10. The van der Waals surface area contributed by atoms with Crippen molar-refractivity contribution in [1.82, 2.24) is 14.7 Å². The average Bonchev–Trinajstić information content (AvgIpc) is 3.27. The van der Waals surface area contributed by atoms with Crippen LogP contribution in [0.1, 0.15) is 38.8 Å². The van der Waals surface area contributed by atoms with Crippen molar-refractivity contribution in [3.8, 4) is 0 Å². The first-order chi connectivity index (χ1) is 18.6. The van der Waals surface area contributed by atoms with Gasteiger partial charge in [0.15, 0.2) is 0 Å². The van der Waals surface area contributed by atoms with Crippen LogP contribution in [0.5, 0.6) is 0 Å². The van der Waals surface area contributed by atoms with Gasteiger partial charge in [-0.05, 0) is 70.5 Å². The van der Waals surface area contributed by atoms with Gasteiger partial charge in [-0.1, -0.05) is 42.5 Å². The molecule has 0 aliphatic carbocycles. The van der Waals surface area contributed by atoms with Crippen LogP contribution in [0, 0.1) is 5.82 Å². The predicted octanol–water partition coefficient (Wildman–Crippen LogP) is 5.36. The molecule has 0 bridgehead atoms. The van der Waals surface area contributed by atoms with E-state index in [1.54, 1.807) is 23.5 Å². The molecule has 1 aromatic heterocycles. The van der Waals surface area contributed by atoms with Gasteiger partial charge in [-0.2, -0.15) is 0 Å². The normalized spacial score (nSPS) is 18.3. The van der Waals surface area contributed by atoms with E-state index in [2.05, 4.69) is 16.3 Å². The largest absolute Gasteiger partial charge is 0.340 e. The minimum atomic E-state index is -0.264. The lowest BCUT2D eigenvalue weighted by atomic mass is 9.93. The van der Waals surface area contributed by atoms with Gasteiger partial charge >= 0.3 is 0 Å². The molecule has 0 spiro atoms. The smallest absolute Gasteiger partial charge is 0.253 e. The van der Waals surface area contributed by atoms with E-state index in [-0.39, 0.29) is 30.2 Å². The summed E-state index contributed by atoms with van der Waals surface area (Å²) in [6.45, 7) is 3.31. The second-order valence-corrected chi connectivity index (χ2v) is 11.1. The van der Waals surface area contributed by atoms with Gasteiger partial charge in [0.2, 0.25) is 5.91 Å². The summed E-state index contributed by atoms with van der Waals surface area (Å²) >= 11 is 1.73. The molecule has 2 aliphatic rings. The van der Waals surface area contributed by atoms with Gasteiger partial charge in [-0.15, -0.1) is 11.3 Å². The summed E-state index contributed by atoms with van der Waals surface area (Å²) in [7, 11) is 0. The molecule has 0 N–H and O–H groups in total. The van der Waals surface area contributed by atoms with Crippen LogP contribution < -0.4 is 0 Å². The highest BCUT2D eigenvalue weighted by Gasteiger charge is 2.32. The zero-order chi connectivity index (χ0) is 26.1. The highest BCUT2D eigenvalue weighted by Crippen LogP contribution is 2.37. The van der Waals surface area contributed by atoms with Gasteiger partial charge in [0.1, 0.15) is 5.82 Å². The number of amides is 2. The number of benzene rings is 3. The van der Waals surface area contributed by atoms with Crippen LogP contribution in [0.2, 0.25) is 0 Å². The maximum Gasteiger partial charge on any atom is 0.253 e. The molecule has 2 aliphatic heterocycles. The Morgan fingerprint density at radius 2 is 1.66 bits per heavy atom. The summed E-state index contributed by atoms with van der Waals surface area (Å²) in [5.41, 5.74) is 2.73. The van der Waals surface area contributed by atoms with Crippen molar-refractivity contribution in [3.63, 3.8) is 0 Å². The lowest BCUT2D eigenvalue weighted by Crippen LogP contribution is -2.45. The van der Waals surface area contributed by atoms with Crippen molar-refractivity contribution in [2.45, 2.75) is 18.9 Å². The second-order valence-electron chi connectivity index (χ2n) is 10.1. The van der Waals surface area contributed by atoms with Crippen molar-refractivity contribution in [1.29, 1.82) is 0 Å². The Balaban J connectivity index is 1.14. The SMILES string of the molecule is O=C(CN1CCc2sccc2C1c1cccc(F)c1)N1CCCN(C(=O)c2ccc3ccccc3c2)CC1. The molecule has 38 heavy (non-hydrogen) atoms. The molecule has 0 saturated carbocycles. The van der Waals surface area contributed by atoms with Crippen molar-refractivity contribution in [2.75, 3.05) is 39.3 Å². The molecule has 4 aromatic rings. The topological polar surface area (TPSA) is 43.9 Å². The van der Waals surface area contributed by atoms with Crippen LogP contribution in [0.25, 0.3) is 10.8 Å². The monoisotopic (exact) mass is 527 g/mol. The lowest BCUT2D eigenvalue weighted by molar-refractivity contribution is -0.132. The molecule has 5 nitrogen and oxygen atoms in total. The Kier molecular flexibility index (Phi) is 6.96. The number of hydrogen-bond donors (Lipinski definition) is 0. The van der Waals surface area contributed by atoms with Crippen molar-refractivity contribution < 1.29 is 14.0 Å². The summed E-state index contributed by atoms with van der Waals surface area (Å²) in [6, 6.07) is 22.6. The van der Waals surface area contributed by atoms with Crippen LogP contribution in [0.4, 0.5) is 4.39 Å². The number of carbonyl (C=O) groups is 2. The maximum absolute atomic E-state index is 14.1. The summed E-state index contributed by atoms with van der Waals surface area (Å²) in [6.07, 6.45) is 1.63. The number of carbonyl (C=O) groups excluding carboxylic acids is 2. The minimum absolute atomic E-state index is 0.0113. The quantitative estimate of drug-likeness (QED) is 0.359. The van der Waals surface area contributed by atoms with E-state index in [1.165, 1.54) is 16.5 Å². The van der Waals surface area contributed by atoms with Crippen LogP contribution in [0.15, 0.2) is 78.2 Å². The molecule has 3 heterocycles. The zero-order valence-electron chi connectivity index (χ0n) is 21.2. The number of fused-ring (bicyclic) bond motifs is 2. The van der Waals surface area contributed by atoms with Crippen LogP contribution in [-0.4, -0.2) is 65.8 Å². The Morgan fingerprint density at radius 1 is 0.842 bits per heavy atom. The Labute approximate surface area is 226 Å². The van der Waals surface area contributed by atoms with Gasteiger partial charge in [-0.25, -0.2) is 4.39 Å². The van der Waals surface area contributed by atoms with Gasteiger partial charge in [0.25, 0.3) is 5.91 Å². The molecule has 1 fully saturated rings. The molecule has 7 heteroatoms. The molecule has 3 aromatic carbocycles. The van der Waals surface area contributed by atoms with Gasteiger partial charge in [0, 0.05) is 43.2 Å². The van der Waals surface area contributed by atoms with E-state index < -0.39 is 0 Å². The summed E-state index contributed by atoms with van der Waals surface area (Å²) < 4.78 is 14.1. The van der Waals surface area contributed by atoms with Gasteiger partial charge in [-0.3, -0.25) is 14.5 Å². The molecule has 1 saturated heterocycles. The molecule has 1 unspecified atom stereocenters. The molecule has 0 radical (unpaired) electrons. The fourth-order valence-electron chi connectivity index (χ4n) is 5.75. The molecular weight excluding hydrogens is 497 g/mol. The van der Waals surface area contributed by atoms with Crippen LogP contribution in [-0.2, 0) is 11.2 Å². The van der Waals surface area contributed by atoms with E-state index in [0.717, 1.165) is 35.7 Å². The average molecular weight is 528 g/mol. The second kappa shape index (κ2) is 10.7. The zero-order valence-corrected chi connectivity index (χ0v) is 22.0. The Morgan fingerprint density at radius 3 is 2.53 bits per heavy atom. The molecule has 2 amide bonds. The first-order valence-electron chi connectivity index (χ1n) is 13.2. The number of halogens is 1. The standard InChI is InChI=1S/C31H30FN3O2S/c32-26-8-3-7-24(20-26)30-27-12-18-38-28(27)11-15-35(30)21-29(36)33-13-4-14-34(17-16-33)31(37)25-10-9-22-5-1-2-6-23(22)19-25/h1-3,5-10,12,18-20,30H,4,11,13-17,21H2. The molecule has 6 rings (SSSR count). The van der Waals surface area contributed by atoms with E-state index in [1.807, 2.05) is 58.3 Å². The molecular formula is C31H30FN3O2S. The van der Waals surface area contributed by atoms with Gasteiger partial charge < -0.3 is 9.80 Å². The Hall–Kier alpha value is -3.55. The Bertz CT molecular complexity index is 1480. The predicted molar refractivity (Wildman–Crippen MR) is 149 cm³/mol. The summed E-state index contributed by atoms with van der Waals surface area (Å²) in [5, 5.41) is 4.24. The van der Waals surface area contributed by atoms with E-state index in [4.69, 9.17) is 0 Å². The third-order valence-electron chi connectivity index (χ3n) is 7.70. The third-order valence-corrected chi connectivity index (χ3v) is 8.70. The van der Waals surface area contributed by atoms with Crippen molar-refractivity contribution >= 4 is 33.9 Å². The summed E-state index contributed by atoms with van der Waals surface area (Å²) in [5.74, 6) is -0.192. The maximum atomic E-state index is 14.1. The van der Waals surface area contributed by atoms with Gasteiger partial charge in [0.05, 0.1) is 12.6 Å². The molecule has 194 valence electrons. The number of rotatable bonds is 4. The van der Waals surface area contributed by atoms with E-state index >= 15 is 0 Å². The van der Waals surface area contributed by atoms with Crippen molar-refractivity contribution in [3.05, 3.63) is 106 Å². The van der Waals surface area contributed by atoms with E-state index in [9.17, 15) is 14.0 Å². The summed E-state index contributed by atoms with van der Waals surface area (Å²) in [4.78, 5) is 34.0. The fraction of sp³-hybridized carbons (Fsp3) is 0.290. The van der Waals surface area contributed by atoms with Crippen molar-refractivity contribution in [2.24, 2.45) is 0 Å². The number of thiophene rings is 1. The first-order valence-corrected chi connectivity index (χ1v) is 14.1. The minimum Gasteiger partial charge on any atom is -0.340 e. The van der Waals surface area contributed by atoms with E-state index in [0.29, 0.717) is 31.7 Å². The molecule has 1 atom stereocenters. The lowest BCUT2D eigenvalue weighted by Gasteiger charge is -2.37. The number of hydrogen-bond acceptors (Lipinski definition) is 4. The van der Waals surface area contributed by atoms with Crippen LogP contribution >= 0.6 is 11.3 Å². The highest BCUT2D eigenvalue weighted by atomic mass is 32.1. The fourth-order valence-corrected chi connectivity index (χ4v) is 6.66. The van der Waals surface area contributed by atoms with Crippen LogP contribution in [0.3, 0.4) is 0 Å². The third kappa shape index (κ3) is 4.96. The first kappa shape index (κ1) is 24.8. The number of nitrogens with zero attached hydrogens (tertiary/aromatic N) is 3.